The first-order chi connectivity index (χ1) is 10.1. The number of hydrogen-bond donors (Lipinski definition) is 2. The Bertz CT molecular complexity index is 449. The van der Waals surface area contributed by atoms with Crippen LogP contribution < -0.4 is 0 Å². The molecule has 0 aromatic rings. The number of imide groups is 2. The number of nitrogens with zero attached hydrogens (tertiary/aromatic N) is 2. The first kappa shape index (κ1) is 19.0. The van der Waals surface area contributed by atoms with Crippen LogP contribution in [0.4, 0.5) is 0 Å². The average molecular weight is 346 g/mol. The molecule has 2 aliphatic heterocycles. The van der Waals surface area contributed by atoms with Crippen LogP contribution in [0.5, 0.6) is 0 Å². The summed E-state index contributed by atoms with van der Waals surface area (Å²) in [4.78, 5) is 47.1. The smallest absolute Gasteiger partial charge is 0.242 e. The van der Waals surface area contributed by atoms with E-state index in [9.17, 15) is 19.2 Å². The van der Waals surface area contributed by atoms with Gasteiger partial charge in [0.1, 0.15) is 0 Å². The van der Waals surface area contributed by atoms with Gasteiger partial charge in [0.2, 0.25) is 23.6 Å². The van der Waals surface area contributed by atoms with E-state index < -0.39 is 10.5 Å². The van der Waals surface area contributed by atoms with Crippen molar-refractivity contribution >= 4 is 48.9 Å². The third kappa shape index (κ3) is 4.04. The van der Waals surface area contributed by atoms with Gasteiger partial charge in [-0.15, -0.1) is 0 Å². The molecule has 0 N–H and O–H groups in total. The van der Waals surface area contributed by atoms with Gasteiger partial charge in [-0.3, -0.25) is 29.0 Å². The van der Waals surface area contributed by atoms with Crippen molar-refractivity contribution in [2.75, 3.05) is 0 Å². The average Bonchev–Trinajstić information content (AvgIpc) is 2.77. The molecule has 0 aromatic carbocycles. The van der Waals surface area contributed by atoms with Gasteiger partial charge in [0, 0.05) is 24.9 Å². The van der Waals surface area contributed by atoms with Gasteiger partial charge in [-0.2, -0.15) is 25.3 Å². The molecule has 0 spiro atoms. The van der Waals surface area contributed by atoms with E-state index in [1.807, 2.05) is 27.7 Å². The highest BCUT2D eigenvalue weighted by Crippen LogP contribution is 2.20. The molecule has 2 saturated heterocycles. The fraction of sp³-hybridized carbons (Fsp3) is 0.714. The molecule has 2 rings (SSSR count). The summed E-state index contributed by atoms with van der Waals surface area (Å²) >= 11 is 7.98. The molecule has 0 aromatic heterocycles. The maximum atomic E-state index is 11.2. The molecule has 2 heterocycles. The topological polar surface area (TPSA) is 74.8 Å². The highest BCUT2D eigenvalue weighted by molar-refractivity contribution is 7.82. The Balaban J connectivity index is 0.000000220. The third-order valence-corrected chi connectivity index (χ3v) is 4.16. The minimum atomic E-state index is -0.412. The number of amides is 4. The van der Waals surface area contributed by atoms with E-state index in [1.54, 1.807) is 0 Å². The summed E-state index contributed by atoms with van der Waals surface area (Å²) in [5.74, 6) is -0.531. The Kier molecular flexibility index (Phi) is 6.49. The van der Waals surface area contributed by atoms with Gasteiger partial charge in [-0.25, -0.2) is 0 Å². The Morgan fingerprint density at radius 3 is 1.14 bits per heavy atom. The number of thiol groups is 2. The summed E-state index contributed by atoms with van der Waals surface area (Å²) in [6.45, 7) is 7.28. The highest BCUT2D eigenvalue weighted by atomic mass is 32.1. The lowest BCUT2D eigenvalue weighted by Gasteiger charge is -2.17. The standard InChI is InChI=1S/2C7H11NO2S/c2*1-4(2)8-6(9)3-5(11)7(8)10/h2*4-5,11H,3H2,1-2H3. The molecular weight excluding hydrogens is 324 g/mol. The number of carbonyl (C=O) groups excluding carboxylic acids is 4. The number of likely N-dealkylation sites (tertiary alicyclic amines) is 2. The molecule has 4 amide bonds. The summed E-state index contributed by atoms with van der Waals surface area (Å²) in [5, 5.41) is -0.824. The molecule has 0 aliphatic carbocycles. The van der Waals surface area contributed by atoms with E-state index in [0.717, 1.165) is 0 Å². The summed E-state index contributed by atoms with van der Waals surface area (Å²) in [7, 11) is 0. The molecule has 124 valence electrons. The van der Waals surface area contributed by atoms with Crippen LogP contribution in [0.1, 0.15) is 40.5 Å². The van der Waals surface area contributed by atoms with Crippen molar-refractivity contribution in [3.05, 3.63) is 0 Å². The van der Waals surface area contributed by atoms with E-state index in [0.29, 0.717) is 0 Å². The normalized spacial score (nSPS) is 25.5. The van der Waals surface area contributed by atoms with E-state index in [4.69, 9.17) is 0 Å². The second-order valence-corrected chi connectivity index (χ2v) is 7.08. The Morgan fingerprint density at radius 1 is 0.773 bits per heavy atom. The van der Waals surface area contributed by atoms with Crippen LogP contribution in [0.25, 0.3) is 0 Å². The number of hydrogen-bond acceptors (Lipinski definition) is 6. The molecule has 0 bridgehead atoms. The second-order valence-electron chi connectivity index (χ2n) is 5.83. The van der Waals surface area contributed by atoms with Crippen LogP contribution in [0.2, 0.25) is 0 Å². The van der Waals surface area contributed by atoms with Crippen LogP contribution in [0, 0.1) is 0 Å². The van der Waals surface area contributed by atoms with E-state index >= 15 is 0 Å². The van der Waals surface area contributed by atoms with Crippen molar-refractivity contribution in [3.63, 3.8) is 0 Å². The Labute approximate surface area is 141 Å². The largest absolute Gasteiger partial charge is 0.279 e. The van der Waals surface area contributed by atoms with Crippen molar-refractivity contribution in [1.82, 2.24) is 9.80 Å². The molecule has 2 aliphatic rings. The third-order valence-electron chi connectivity index (χ3n) is 3.35. The predicted molar refractivity (Wildman–Crippen MR) is 88.8 cm³/mol. The zero-order valence-electron chi connectivity index (χ0n) is 13.1. The van der Waals surface area contributed by atoms with Crippen molar-refractivity contribution in [2.24, 2.45) is 0 Å². The van der Waals surface area contributed by atoms with Gasteiger partial charge >= 0.3 is 0 Å². The molecule has 8 heteroatoms. The van der Waals surface area contributed by atoms with Crippen LogP contribution in [-0.4, -0.2) is 56.0 Å². The first-order valence-electron chi connectivity index (χ1n) is 7.15. The summed E-state index contributed by atoms with van der Waals surface area (Å²) < 4.78 is 0. The molecule has 22 heavy (non-hydrogen) atoms. The summed E-state index contributed by atoms with van der Waals surface area (Å²) in [6, 6.07) is -0.0701. The van der Waals surface area contributed by atoms with Gasteiger partial charge in [0.05, 0.1) is 10.5 Å². The van der Waals surface area contributed by atoms with Crippen LogP contribution >= 0.6 is 25.3 Å². The minimum Gasteiger partial charge on any atom is -0.279 e. The number of carbonyl (C=O) groups is 4. The molecule has 2 fully saturated rings. The predicted octanol–water partition coefficient (Wildman–Crippen LogP) is 0.904. The molecule has 0 saturated carbocycles. The number of rotatable bonds is 2. The van der Waals surface area contributed by atoms with Crippen LogP contribution in [-0.2, 0) is 19.2 Å². The van der Waals surface area contributed by atoms with E-state index in [1.165, 1.54) is 9.80 Å². The van der Waals surface area contributed by atoms with E-state index in [-0.39, 0.29) is 48.6 Å². The Morgan fingerprint density at radius 2 is 1.05 bits per heavy atom. The van der Waals surface area contributed by atoms with E-state index in [2.05, 4.69) is 25.3 Å². The van der Waals surface area contributed by atoms with Gasteiger partial charge in [0.15, 0.2) is 0 Å². The van der Waals surface area contributed by atoms with Gasteiger partial charge in [-0.1, -0.05) is 0 Å². The second kappa shape index (κ2) is 7.50. The maximum Gasteiger partial charge on any atom is 0.242 e. The van der Waals surface area contributed by atoms with Crippen molar-refractivity contribution in [3.8, 4) is 0 Å². The summed E-state index contributed by atoms with van der Waals surface area (Å²) in [6.07, 6.45) is 0.500. The SMILES string of the molecule is CC(C)N1C(=O)CC(S)C1=O.CC(C)N1C(=O)CC(S)C1=O. The van der Waals surface area contributed by atoms with Gasteiger partial charge in [0.25, 0.3) is 0 Å². The zero-order valence-corrected chi connectivity index (χ0v) is 14.9. The lowest BCUT2D eigenvalue weighted by Crippen LogP contribution is -2.36. The summed E-state index contributed by atoms with van der Waals surface area (Å²) in [5.41, 5.74) is 0. The molecular formula is C14H22N2O4S2. The molecule has 2 atom stereocenters. The van der Waals surface area contributed by atoms with Gasteiger partial charge in [-0.05, 0) is 27.7 Å². The van der Waals surface area contributed by atoms with Crippen LogP contribution in [0.3, 0.4) is 0 Å². The monoisotopic (exact) mass is 346 g/mol. The lowest BCUT2D eigenvalue weighted by atomic mass is 10.3. The fourth-order valence-electron chi connectivity index (χ4n) is 2.35. The molecule has 6 nitrogen and oxygen atoms in total. The maximum absolute atomic E-state index is 11.2. The van der Waals surface area contributed by atoms with Crippen molar-refractivity contribution in [1.29, 1.82) is 0 Å². The lowest BCUT2D eigenvalue weighted by molar-refractivity contribution is -0.141. The highest BCUT2D eigenvalue weighted by Gasteiger charge is 2.38. The Hall–Kier alpha value is -1.02. The zero-order chi connectivity index (χ0) is 17.2. The quantitative estimate of drug-likeness (QED) is 0.576. The van der Waals surface area contributed by atoms with Crippen LogP contribution in [0.15, 0.2) is 0 Å². The fourth-order valence-corrected chi connectivity index (χ4v) is 2.92. The van der Waals surface area contributed by atoms with Crippen molar-refractivity contribution < 1.29 is 19.2 Å². The van der Waals surface area contributed by atoms with Gasteiger partial charge < -0.3 is 0 Å². The molecule has 0 radical (unpaired) electrons. The minimum absolute atomic E-state index is 0.0350. The molecule has 2 unspecified atom stereocenters. The van der Waals surface area contributed by atoms with Crippen molar-refractivity contribution in [2.45, 2.75) is 63.1 Å². The first-order valence-corrected chi connectivity index (χ1v) is 8.19.